The third kappa shape index (κ3) is 4.90. The highest BCUT2D eigenvalue weighted by Crippen LogP contribution is 2.35. The van der Waals surface area contributed by atoms with Gasteiger partial charge in [-0.15, -0.1) is 0 Å². The summed E-state index contributed by atoms with van der Waals surface area (Å²) in [6.45, 7) is 19.7. The summed E-state index contributed by atoms with van der Waals surface area (Å²) in [5.41, 5.74) is 6.16. The van der Waals surface area contributed by atoms with Crippen LogP contribution in [-0.2, 0) is 18.6 Å². The molecule has 7 heteroatoms. The van der Waals surface area contributed by atoms with E-state index in [4.69, 9.17) is 18.6 Å². The van der Waals surface area contributed by atoms with Crippen molar-refractivity contribution in [2.75, 3.05) is 4.90 Å². The highest BCUT2D eigenvalue weighted by atomic mass is 16.6. The molecule has 2 saturated heterocycles. The molecule has 184 valence electrons. The molecule has 1 atom stereocenters. The summed E-state index contributed by atoms with van der Waals surface area (Å²) in [7, 11) is -1.07. The van der Waals surface area contributed by atoms with Crippen molar-refractivity contribution in [3.05, 3.63) is 128 Å². The average molecular weight is 489 g/mol. The van der Waals surface area contributed by atoms with Crippen LogP contribution in [-0.4, -0.2) is 14.2 Å². The molecule has 0 amide bonds. The van der Waals surface area contributed by atoms with E-state index in [0.717, 1.165) is 34.4 Å². The standard InChI is InChI=1S/C30H29B2NO4/c1-7-20(2)25-8-14-28(15-9-25)33(29-16-10-26(11-17-29)31-34-21(3)22(4)35-31)30-18-12-27(13-19-30)32-36-23(5)24(6)37-32/h8-20H,3-7H2,1-2H3. The van der Waals surface area contributed by atoms with E-state index >= 15 is 0 Å². The zero-order valence-corrected chi connectivity index (χ0v) is 21.3. The summed E-state index contributed by atoms with van der Waals surface area (Å²) in [5.74, 6) is 2.34. The van der Waals surface area contributed by atoms with Gasteiger partial charge in [-0.2, -0.15) is 0 Å². The van der Waals surface area contributed by atoms with Gasteiger partial charge in [0.1, 0.15) is 23.0 Å². The second-order valence-corrected chi connectivity index (χ2v) is 9.25. The first-order valence-corrected chi connectivity index (χ1v) is 12.4. The molecule has 37 heavy (non-hydrogen) atoms. The van der Waals surface area contributed by atoms with Crippen LogP contribution in [0.4, 0.5) is 17.1 Å². The third-order valence-electron chi connectivity index (χ3n) is 6.80. The van der Waals surface area contributed by atoms with Gasteiger partial charge in [0.15, 0.2) is 0 Å². The Balaban J connectivity index is 1.47. The van der Waals surface area contributed by atoms with Crippen LogP contribution in [0.3, 0.4) is 0 Å². The fourth-order valence-corrected chi connectivity index (χ4v) is 4.30. The van der Waals surface area contributed by atoms with Crippen LogP contribution in [0.25, 0.3) is 0 Å². The molecule has 2 fully saturated rings. The van der Waals surface area contributed by atoms with E-state index in [1.807, 2.05) is 24.3 Å². The molecule has 0 saturated carbocycles. The molecule has 1 unspecified atom stereocenters. The van der Waals surface area contributed by atoms with Crippen molar-refractivity contribution >= 4 is 42.2 Å². The van der Waals surface area contributed by atoms with Gasteiger partial charge in [-0.25, -0.2) is 0 Å². The lowest BCUT2D eigenvalue weighted by atomic mass is 9.79. The van der Waals surface area contributed by atoms with E-state index in [2.05, 4.69) is 93.6 Å². The number of rotatable bonds is 7. The fraction of sp³-hybridized carbons (Fsp3) is 0.133. The zero-order valence-electron chi connectivity index (χ0n) is 21.3. The molecule has 0 aromatic heterocycles. The van der Waals surface area contributed by atoms with Crippen LogP contribution in [0.1, 0.15) is 31.7 Å². The molecule has 0 N–H and O–H groups in total. The number of hydrogen-bond acceptors (Lipinski definition) is 5. The number of benzene rings is 3. The smallest absolute Gasteiger partial charge is 0.520 e. The zero-order chi connectivity index (χ0) is 26.1. The Kier molecular flexibility index (Phi) is 6.62. The molecule has 0 spiro atoms. The minimum Gasteiger partial charge on any atom is -0.520 e. The van der Waals surface area contributed by atoms with Crippen molar-refractivity contribution in [2.45, 2.75) is 26.2 Å². The Morgan fingerprint density at radius 1 is 0.595 bits per heavy atom. The van der Waals surface area contributed by atoms with Gasteiger partial charge in [0.2, 0.25) is 0 Å². The van der Waals surface area contributed by atoms with Crippen LogP contribution in [0.2, 0.25) is 0 Å². The first kappa shape index (κ1) is 24.4. The van der Waals surface area contributed by atoms with E-state index in [-0.39, 0.29) is 0 Å². The summed E-state index contributed by atoms with van der Waals surface area (Å²) in [5, 5.41) is 0. The highest BCUT2D eigenvalue weighted by molar-refractivity contribution is 6.63. The van der Waals surface area contributed by atoms with Gasteiger partial charge in [-0.1, -0.05) is 76.6 Å². The van der Waals surface area contributed by atoms with E-state index in [0.29, 0.717) is 29.0 Å². The molecule has 0 radical (unpaired) electrons. The molecule has 3 aromatic carbocycles. The summed E-state index contributed by atoms with van der Waals surface area (Å²) in [6.07, 6.45) is 1.10. The monoisotopic (exact) mass is 489 g/mol. The highest BCUT2D eigenvalue weighted by Gasteiger charge is 2.35. The van der Waals surface area contributed by atoms with Crippen molar-refractivity contribution in [3.63, 3.8) is 0 Å². The topological polar surface area (TPSA) is 40.2 Å². The molecule has 5 rings (SSSR count). The number of hydrogen-bond donors (Lipinski definition) is 0. The second kappa shape index (κ2) is 10.0. The van der Waals surface area contributed by atoms with Crippen LogP contribution in [0.5, 0.6) is 0 Å². The molecule has 0 bridgehead atoms. The predicted molar refractivity (Wildman–Crippen MR) is 152 cm³/mol. The third-order valence-corrected chi connectivity index (χ3v) is 6.80. The Labute approximate surface area is 219 Å². The Morgan fingerprint density at radius 2 is 0.919 bits per heavy atom. The van der Waals surface area contributed by atoms with Crippen molar-refractivity contribution in [1.82, 2.24) is 0 Å². The lowest BCUT2D eigenvalue weighted by molar-refractivity contribution is 0.430. The van der Waals surface area contributed by atoms with Crippen LogP contribution >= 0.6 is 0 Å². The first-order valence-electron chi connectivity index (χ1n) is 12.4. The molecule has 2 aliphatic rings. The summed E-state index contributed by atoms with van der Waals surface area (Å²) < 4.78 is 22.7. The van der Waals surface area contributed by atoms with Gasteiger partial charge >= 0.3 is 14.2 Å². The van der Waals surface area contributed by atoms with E-state index in [1.54, 1.807) is 0 Å². The van der Waals surface area contributed by atoms with Gasteiger partial charge in [-0.3, -0.25) is 0 Å². The Bertz CT molecular complexity index is 1240. The number of nitrogens with zero attached hydrogens (tertiary/aromatic N) is 1. The second-order valence-electron chi connectivity index (χ2n) is 9.25. The molecular formula is C30H29B2NO4. The van der Waals surface area contributed by atoms with Gasteiger partial charge in [0.05, 0.1) is 0 Å². The maximum absolute atomic E-state index is 5.69. The van der Waals surface area contributed by atoms with Crippen molar-refractivity contribution in [2.24, 2.45) is 0 Å². The normalized spacial score (nSPS) is 15.7. The van der Waals surface area contributed by atoms with Gasteiger partial charge < -0.3 is 23.5 Å². The van der Waals surface area contributed by atoms with E-state index < -0.39 is 14.2 Å². The van der Waals surface area contributed by atoms with Gasteiger partial charge in [0, 0.05) is 28.0 Å². The maximum atomic E-state index is 5.69. The lowest BCUT2D eigenvalue weighted by Crippen LogP contribution is -2.31. The minimum atomic E-state index is -0.535. The first-order chi connectivity index (χ1) is 17.8. The van der Waals surface area contributed by atoms with E-state index in [9.17, 15) is 0 Å². The molecular weight excluding hydrogens is 460 g/mol. The van der Waals surface area contributed by atoms with Crippen molar-refractivity contribution in [1.29, 1.82) is 0 Å². The molecule has 2 aliphatic heterocycles. The SMILES string of the molecule is C=C1OB(c2ccc(N(c3ccc(B4OC(=C)C(=C)O4)cc3)c3ccc(C(C)CC)cc3)cc2)OC1=C. The summed E-state index contributed by atoms with van der Waals surface area (Å²) in [6, 6.07) is 24.9. The lowest BCUT2D eigenvalue weighted by Gasteiger charge is -2.26. The minimum absolute atomic E-state index is 0.458. The van der Waals surface area contributed by atoms with Gasteiger partial charge in [-0.05, 0) is 54.3 Å². The fourth-order valence-electron chi connectivity index (χ4n) is 4.30. The summed E-state index contributed by atoms with van der Waals surface area (Å²) in [4.78, 5) is 2.20. The number of anilines is 3. The van der Waals surface area contributed by atoms with Crippen LogP contribution in [0, 0.1) is 0 Å². The molecule has 2 heterocycles. The Hall–Kier alpha value is -4.25. The molecule has 0 aliphatic carbocycles. The molecule has 3 aromatic rings. The van der Waals surface area contributed by atoms with Crippen molar-refractivity contribution < 1.29 is 18.6 Å². The maximum Gasteiger partial charge on any atom is 0.632 e. The predicted octanol–water partition coefficient (Wildman–Crippen LogP) is 6.21. The quantitative estimate of drug-likeness (QED) is 0.370. The van der Waals surface area contributed by atoms with Crippen LogP contribution in [0.15, 0.2) is 122 Å². The molecule has 5 nitrogen and oxygen atoms in total. The average Bonchev–Trinajstić information content (AvgIpc) is 3.44. The van der Waals surface area contributed by atoms with Crippen LogP contribution < -0.4 is 15.8 Å². The largest absolute Gasteiger partial charge is 0.632 e. The Morgan fingerprint density at radius 3 is 1.24 bits per heavy atom. The summed E-state index contributed by atoms with van der Waals surface area (Å²) >= 11 is 0. The van der Waals surface area contributed by atoms with Gasteiger partial charge in [0.25, 0.3) is 0 Å². The van der Waals surface area contributed by atoms with Crippen molar-refractivity contribution in [3.8, 4) is 0 Å². The van der Waals surface area contributed by atoms with E-state index in [1.165, 1.54) is 5.56 Å².